The number of hydrogen-bond acceptors (Lipinski definition) is 3. The van der Waals surface area contributed by atoms with Crippen LogP contribution in [0, 0.1) is 13.8 Å². The zero-order chi connectivity index (χ0) is 13.0. The number of thioether (sulfide) groups is 1. The van der Waals surface area contributed by atoms with Crippen molar-refractivity contribution in [1.29, 1.82) is 0 Å². The second kappa shape index (κ2) is 6.60. The first kappa shape index (κ1) is 13.9. The van der Waals surface area contributed by atoms with Crippen LogP contribution in [0.2, 0.25) is 0 Å². The summed E-state index contributed by atoms with van der Waals surface area (Å²) in [5, 5.41) is 12.8. The fourth-order valence-corrected chi connectivity index (χ4v) is 3.16. The molecule has 1 aliphatic rings. The van der Waals surface area contributed by atoms with Crippen LogP contribution in [0.25, 0.3) is 0 Å². The van der Waals surface area contributed by atoms with E-state index in [2.05, 4.69) is 37.4 Å². The van der Waals surface area contributed by atoms with E-state index in [1.54, 1.807) is 0 Å². The van der Waals surface area contributed by atoms with Gasteiger partial charge in [0, 0.05) is 17.0 Å². The predicted octanol–water partition coefficient (Wildman–Crippen LogP) is 2.90. The van der Waals surface area contributed by atoms with Crippen molar-refractivity contribution in [3.63, 3.8) is 0 Å². The summed E-state index contributed by atoms with van der Waals surface area (Å²) >= 11 is 1.90. The summed E-state index contributed by atoms with van der Waals surface area (Å²) < 4.78 is 0. The Balaban J connectivity index is 1.76. The van der Waals surface area contributed by atoms with Crippen LogP contribution in [0.3, 0.4) is 0 Å². The van der Waals surface area contributed by atoms with Crippen LogP contribution >= 0.6 is 11.8 Å². The van der Waals surface area contributed by atoms with Gasteiger partial charge in [0.1, 0.15) is 0 Å². The van der Waals surface area contributed by atoms with E-state index in [-0.39, 0.29) is 12.6 Å². The lowest BCUT2D eigenvalue weighted by molar-refractivity contribution is 0.239. The molecule has 2 N–H and O–H groups in total. The van der Waals surface area contributed by atoms with Gasteiger partial charge in [-0.05, 0) is 50.5 Å². The van der Waals surface area contributed by atoms with Gasteiger partial charge < -0.3 is 10.4 Å². The summed E-state index contributed by atoms with van der Waals surface area (Å²) in [5.74, 6) is 1.06. The molecule has 1 saturated carbocycles. The molecule has 1 aliphatic carbocycles. The molecule has 3 heteroatoms. The summed E-state index contributed by atoms with van der Waals surface area (Å²) in [6.45, 7) is 4.55. The molecule has 1 atom stereocenters. The Morgan fingerprint density at radius 1 is 1.39 bits per heavy atom. The third-order valence-corrected chi connectivity index (χ3v) is 4.53. The van der Waals surface area contributed by atoms with E-state index in [9.17, 15) is 5.11 Å². The highest BCUT2D eigenvalue weighted by Crippen LogP contribution is 2.25. The fraction of sp³-hybridized carbons (Fsp3) is 0.600. The van der Waals surface area contributed by atoms with Crippen LogP contribution in [0.15, 0.2) is 23.1 Å². The first-order chi connectivity index (χ1) is 8.69. The summed E-state index contributed by atoms with van der Waals surface area (Å²) in [4.78, 5) is 1.36. The normalized spacial score (nSPS) is 16.8. The van der Waals surface area contributed by atoms with Gasteiger partial charge in [0.25, 0.3) is 0 Å². The number of aliphatic hydroxyl groups is 1. The van der Waals surface area contributed by atoms with Crippen LogP contribution in [0.4, 0.5) is 0 Å². The number of nitrogens with one attached hydrogen (secondary N) is 1. The maximum Gasteiger partial charge on any atom is 0.0585 e. The van der Waals surface area contributed by atoms with E-state index >= 15 is 0 Å². The van der Waals surface area contributed by atoms with E-state index in [4.69, 9.17) is 0 Å². The first-order valence-electron chi connectivity index (χ1n) is 6.76. The second-order valence-electron chi connectivity index (χ2n) is 5.23. The molecule has 0 saturated heterocycles. The van der Waals surface area contributed by atoms with E-state index in [0.29, 0.717) is 6.04 Å². The zero-order valence-corrected chi connectivity index (χ0v) is 12.1. The Morgan fingerprint density at radius 3 is 2.78 bits per heavy atom. The van der Waals surface area contributed by atoms with Gasteiger partial charge >= 0.3 is 0 Å². The van der Waals surface area contributed by atoms with Crippen LogP contribution in [0.1, 0.15) is 30.4 Å². The lowest BCUT2D eigenvalue weighted by Gasteiger charge is -2.15. The molecule has 2 nitrogen and oxygen atoms in total. The molecule has 0 radical (unpaired) electrons. The largest absolute Gasteiger partial charge is 0.395 e. The summed E-state index contributed by atoms with van der Waals surface area (Å²) in [6, 6.07) is 7.55. The molecule has 2 rings (SSSR count). The number of rotatable bonds is 7. The monoisotopic (exact) mass is 265 g/mol. The predicted molar refractivity (Wildman–Crippen MR) is 78.3 cm³/mol. The molecule has 1 fully saturated rings. The lowest BCUT2D eigenvalue weighted by Crippen LogP contribution is -2.34. The van der Waals surface area contributed by atoms with Gasteiger partial charge in [0.15, 0.2) is 0 Å². The average molecular weight is 265 g/mol. The van der Waals surface area contributed by atoms with Crippen molar-refractivity contribution < 1.29 is 5.11 Å². The molecule has 0 aliphatic heterocycles. The van der Waals surface area contributed by atoms with E-state index in [0.717, 1.165) is 12.2 Å². The second-order valence-corrected chi connectivity index (χ2v) is 6.36. The Bertz CT molecular complexity index is 390. The van der Waals surface area contributed by atoms with Crippen molar-refractivity contribution in [3.05, 3.63) is 29.3 Å². The first-order valence-corrected chi connectivity index (χ1v) is 7.74. The number of hydrogen-bond donors (Lipinski definition) is 2. The van der Waals surface area contributed by atoms with Crippen molar-refractivity contribution in [1.82, 2.24) is 5.32 Å². The minimum atomic E-state index is 0.254. The maximum absolute atomic E-state index is 9.32. The molecule has 100 valence electrons. The molecular weight excluding hydrogens is 242 g/mol. The van der Waals surface area contributed by atoms with E-state index in [1.807, 2.05) is 11.8 Å². The quantitative estimate of drug-likeness (QED) is 0.744. The minimum Gasteiger partial charge on any atom is -0.395 e. The summed E-state index contributed by atoms with van der Waals surface area (Å²) in [5.41, 5.74) is 2.68. The van der Waals surface area contributed by atoms with E-state index in [1.165, 1.54) is 28.9 Å². The van der Waals surface area contributed by atoms with Gasteiger partial charge in [-0.1, -0.05) is 17.7 Å². The lowest BCUT2D eigenvalue weighted by atomic mass is 10.2. The van der Waals surface area contributed by atoms with Crippen LogP contribution < -0.4 is 5.32 Å². The van der Waals surface area contributed by atoms with Crippen LogP contribution in [0.5, 0.6) is 0 Å². The molecular formula is C15H23NOS. The Morgan fingerprint density at radius 2 is 2.17 bits per heavy atom. The van der Waals surface area contributed by atoms with Gasteiger partial charge in [-0.3, -0.25) is 0 Å². The third kappa shape index (κ3) is 4.30. The molecule has 0 bridgehead atoms. The summed E-state index contributed by atoms with van der Waals surface area (Å²) in [7, 11) is 0. The molecule has 18 heavy (non-hydrogen) atoms. The Hall–Kier alpha value is -0.510. The molecule has 0 amide bonds. The molecule has 0 heterocycles. The standard InChI is InChI=1S/C15H23NOS/c1-11-3-6-15(12(2)9-11)18-8-7-14(10-17)16-13-4-5-13/h3,6,9,13-14,16-17H,4-5,7-8,10H2,1-2H3. The topological polar surface area (TPSA) is 32.3 Å². The number of benzene rings is 1. The average Bonchev–Trinajstić information content (AvgIpc) is 3.14. The molecule has 0 spiro atoms. The highest BCUT2D eigenvalue weighted by molar-refractivity contribution is 7.99. The van der Waals surface area contributed by atoms with Crippen molar-refractivity contribution in [2.45, 2.75) is 50.1 Å². The van der Waals surface area contributed by atoms with Crippen LogP contribution in [-0.2, 0) is 0 Å². The maximum atomic E-state index is 9.32. The summed E-state index contributed by atoms with van der Waals surface area (Å²) in [6.07, 6.45) is 3.59. The molecule has 0 aromatic heterocycles. The Labute approximate surface area is 114 Å². The van der Waals surface area contributed by atoms with Gasteiger partial charge in [-0.25, -0.2) is 0 Å². The van der Waals surface area contributed by atoms with Crippen LogP contribution in [-0.4, -0.2) is 29.5 Å². The van der Waals surface area contributed by atoms with E-state index < -0.39 is 0 Å². The van der Waals surface area contributed by atoms with Gasteiger partial charge in [0.2, 0.25) is 0 Å². The van der Waals surface area contributed by atoms with Gasteiger partial charge in [0.05, 0.1) is 6.61 Å². The third-order valence-electron chi connectivity index (χ3n) is 3.32. The number of aryl methyl sites for hydroxylation is 2. The minimum absolute atomic E-state index is 0.254. The van der Waals surface area contributed by atoms with Crippen molar-refractivity contribution >= 4 is 11.8 Å². The molecule has 1 unspecified atom stereocenters. The molecule has 1 aromatic carbocycles. The van der Waals surface area contributed by atoms with Crippen molar-refractivity contribution in [2.75, 3.05) is 12.4 Å². The molecule has 1 aromatic rings. The Kier molecular flexibility index (Phi) is 5.10. The number of aliphatic hydroxyl groups excluding tert-OH is 1. The highest BCUT2D eigenvalue weighted by Gasteiger charge is 2.23. The van der Waals surface area contributed by atoms with Crippen molar-refractivity contribution in [2.24, 2.45) is 0 Å². The van der Waals surface area contributed by atoms with Crippen molar-refractivity contribution in [3.8, 4) is 0 Å². The SMILES string of the molecule is Cc1ccc(SCCC(CO)NC2CC2)c(C)c1. The fourth-order valence-electron chi connectivity index (χ4n) is 2.08. The van der Waals surface area contributed by atoms with Gasteiger partial charge in [-0.15, -0.1) is 11.8 Å². The highest BCUT2D eigenvalue weighted by atomic mass is 32.2. The zero-order valence-electron chi connectivity index (χ0n) is 11.3. The van der Waals surface area contributed by atoms with Gasteiger partial charge in [-0.2, -0.15) is 0 Å². The smallest absolute Gasteiger partial charge is 0.0585 e.